The van der Waals surface area contributed by atoms with E-state index in [2.05, 4.69) is 15.1 Å². The van der Waals surface area contributed by atoms with E-state index in [0.29, 0.717) is 17.8 Å². The van der Waals surface area contributed by atoms with E-state index < -0.39 is 21.6 Å². The van der Waals surface area contributed by atoms with E-state index in [-0.39, 0.29) is 29.0 Å². The molecule has 1 unspecified atom stereocenters. The van der Waals surface area contributed by atoms with Gasteiger partial charge in [0.2, 0.25) is 5.91 Å². The molecule has 202 valence electrons. The van der Waals surface area contributed by atoms with Crippen LogP contribution >= 0.6 is 0 Å². The molecule has 1 aliphatic rings. The average molecular weight is 546 g/mol. The van der Waals surface area contributed by atoms with Crippen LogP contribution in [-0.4, -0.2) is 51.7 Å². The number of nitrogens with zero attached hydrogens (tertiary/aromatic N) is 2. The smallest absolute Gasteiger partial charge is 0.368 e. The Kier molecular flexibility index (Phi) is 8.13. The number of sulfone groups is 1. The summed E-state index contributed by atoms with van der Waals surface area (Å²) in [7, 11) is -1.32. The summed E-state index contributed by atoms with van der Waals surface area (Å²) >= 11 is 0. The van der Waals surface area contributed by atoms with Crippen molar-refractivity contribution in [2.24, 2.45) is 0 Å². The lowest BCUT2D eigenvalue weighted by molar-refractivity contribution is -0.137. The van der Waals surface area contributed by atoms with Gasteiger partial charge < -0.3 is 10.2 Å². The van der Waals surface area contributed by atoms with Crippen molar-refractivity contribution in [2.75, 3.05) is 42.7 Å². The Morgan fingerprint density at radius 2 is 1.58 bits per heavy atom. The van der Waals surface area contributed by atoms with Gasteiger partial charge in [0.25, 0.3) is 0 Å². The van der Waals surface area contributed by atoms with Crippen LogP contribution < -0.4 is 10.2 Å². The van der Waals surface area contributed by atoms with E-state index in [1.165, 1.54) is 12.1 Å². The van der Waals surface area contributed by atoms with Crippen molar-refractivity contribution in [3.63, 3.8) is 0 Å². The standard InChI is InChI=1S/C28H30F3N3O3S/c1-3-38(36,37)25-14-4-20(5-15-25)18-27(35)32-23-10-12-24(13-11-23)34-17-16-33(2)26(19-34)21-6-8-22(9-7-21)28(29,30)31/h4-15,26H,3,16-19H2,1-2H3,(H,32,35). The van der Waals surface area contributed by atoms with Gasteiger partial charge in [0, 0.05) is 31.0 Å². The number of hydrogen-bond donors (Lipinski definition) is 1. The highest BCUT2D eigenvalue weighted by Crippen LogP contribution is 2.32. The molecule has 1 heterocycles. The molecule has 1 aliphatic heterocycles. The van der Waals surface area contributed by atoms with Gasteiger partial charge >= 0.3 is 6.18 Å². The van der Waals surface area contributed by atoms with Crippen molar-refractivity contribution < 1.29 is 26.4 Å². The Morgan fingerprint density at radius 1 is 0.947 bits per heavy atom. The minimum atomic E-state index is -4.36. The van der Waals surface area contributed by atoms with Crippen molar-refractivity contribution in [3.8, 4) is 0 Å². The first-order chi connectivity index (χ1) is 18.0. The van der Waals surface area contributed by atoms with E-state index in [9.17, 15) is 26.4 Å². The number of piperazine rings is 1. The van der Waals surface area contributed by atoms with Crippen molar-refractivity contribution >= 4 is 27.1 Å². The molecule has 38 heavy (non-hydrogen) atoms. The highest BCUT2D eigenvalue weighted by atomic mass is 32.2. The third-order valence-electron chi connectivity index (χ3n) is 6.81. The van der Waals surface area contributed by atoms with Crippen LogP contribution in [0.1, 0.15) is 29.7 Å². The SMILES string of the molecule is CCS(=O)(=O)c1ccc(CC(=O)Nc2ccc(N3CCN(C)C(c4ccc(C(F)(F)F)cc4)C3)cc2)cc1. The Balaban J connectivity index is 1.37. The molecule has 3 aromatic rings. The molecule has 0 bridgehead atoms. The predicted molar refractivity (Wildman–Crippen MR) is 142 cm³/mol. The van der Waals surface area contributed by atoms with Crippen LogP contribution in [0, 0.1) is 0 Å². The summed E-state index contributed by atoms with van der Waals surface area (Å²) in [5, 5.41) is 2.86. The number of hydrogen-bond acceptors (Lipinski definition) is 5. The molecular weight excluding hydrogens is 515 g/mol. The van der Waals surface area contributed by atoms with Crippen molar-refractivity contribution in [2.45, 2.75) is 30.5 Å². The number of benzene rings is 3. The number of halogens is 3. The molecule has 1 fully saturated rings. The van der Waals surface area contributed by atoms with Gasteiger partial charge in [-0.15, -0.1) is 0 Å². The van der Waals surface area contributed by atoms with Gasteiger partial charge in [0.15, 0.2) is 9.84 Å². The number of likely N-dealkylation sites (N-methyl/N-ethyl adjacent to an activating group) is 1. The van der Waals surface area contributed by atoms with E-state index in [1.807, 2.05) is 31.3 Å². The lowest BCUT2D eigenvalue weighted by atomic mass is 10.0. The maximum Gasteiger partial charge on any atom is 0.416 e. The first-order valence-corrected chi connectivity index (χ1v) is 14.0. The van der Waals surface area contributed by atoms with Crippen LogP contribution in [0.3, 0.4) is 0 Å². The summed E-state index contributed by atoms with van der Waals surface area (Å²) in [6.07, 6.45) is -4.25. The zero-order chi connectivity index (χ0) is 27.5. The summed E-state index contributed by atoms with van der Waals surface area (Å²) < 4.78 is 62.7. The Labute approximate surface area is 221 Å². The number of rotatable bonds is 7. The third-order valence-corrected chi connectivity index (χ3v) is 8.56. The van der Waals surface area contributed by atoms with Gasteiger partial charge in [-0.1, -0.05) is 31.2 Å². The number of carbonyl (C=O) groups excluding carboxylic acids is 1. The van der Waals surface area contributed by atoms with Crippen molar-refractivity contribution in [1.29, 1.82) is 0 Å². The quantitative estimate of drug-likeness (QED) is 0.444. The lowest BCUT2D eigenvalue weighted by Crippen LogP contribution is -2.46. The van der Waals surface area contributed by atoms with E-state index in [1.54, 1.807) is 31.2 Å². The minimum Gasteiger partial charge on any atom is -0.368 e. The summed E-state index contributed by atoms with van der Waals surface area (Å²) in [6.45, 7) is 3.73. The van der Waals surface area contributed by atoms with Gasteiger partial charge in [0.1, 0.15) is 0 Å². The molecule has 0 aromatic heterocycles. The average Bonchev–Trinajstić information content (AvgIpc) is 2.89. The van der Waals surface area contributed by atoms with Gasteiger partial charge in [-0.05, 0) is 66.7 Å². The normalized spacial score (nSPS) is 16.9. The zero-order valence-corrected chi connectivity index (χ0v) is 22.0. The predicted octanol–water partition coefficient (Wildman–Crippen LogP) is 5.17. The Bertz CT molecular complexity index is 1360. The third kappa shape index (κ3) is 6.54. The molecule has 4 rings (SSSR count). The van der Waals surface area contributed by atoms with Crippen molar-refractivity contribution in [1.82, 2.24) is 4.90 Å². The molecule has 0 radical (unpaired) electrons. The summed E-state index contributed by atoms with van der Waals surface area (Å²) in [5.74, 6) is -0.196. The fraction of sp³-hybridized carbons (Fsp3) is 0.321. The zero-order valence-electron chi connectivity index (χ0n) is 21.2. The number of nitrogens with one attached hydrogen (secondary N) is 1. The molecule has 3 aromatic carbocycles. The first kappa shape index (κ1) is 27.7. The number of amides is 1. The second-order valence-electron chi connectivity index (χ2n) is 9.38. The second kappa shape index (κ2) is 11.2. The lowest BCUT2D eigenvalue weighted by Gasteiger charge is -2.41. The highest BCUT2D eigenvalue weighted by molar-refractivity contribution is 7.91. The molecule has 1 atom stereocenters. The maximum atomic E-state index is 12.9. The molecule has 1 saturated heterocycles. The largest absolute Gasteiger partial charge is 0.416 e. The summed E-state index contributed by atoms with van der Waals surface area (Å²) in [6, 6.07) is 19.1. The van der Waals surface area contributed by atoms with Crippen LogP contribution in [-0.2, 0) is 27.2 Å². The molecule has 0 spiro atoms. The number of carbonyl (C=O) groups is 1. The van der Waals surface area contributed by atoms with Gasteiger partial charge in [-0.3, -0.25) is 9.69 Å². The highest BCUT2D eigenvalue weighted by Gasteiger charge is 2.31. The van der Waals surface area contributed by atoms with Crippen molar-refractivity contribution in [3.05, 3.63) is 89.5 Å². The van der Waals surface area contributed by atoms with E-state index >= 15 is 0 Å². The fourth-order valence-corrected chi connectivity index (χ4v) is 5.37. The van der Waals surface area contributed by atoms with Crippen LogP contribution in [0.5, 0.6) is 0 Å². The fourth-order valence-electron chi connectivity index (χ4n) is 4.49. The maximum absolute atomic E-state index is 12.9. The Hall–Kier alpha value is -3.37. The molecule has 0 saturated carbocycles. The first-order valence-electron chi connectivity index (χ1n) is 12.3. The van der Waals surface area contributed by atoms with Crippen LogP contribution in [0.2, 0.25) is 0 Å². The number of anilines is 2. The summed E-state index contributed by atoms with van der Waals surface area (Å²) in [4.78, 5) is 17.1. The topological polar surface area (TPSA) is 69.7 Å². The molecule has 0 aliphatic carbocycles. The second-order valence-corrected chi connectivity index (χ2v) is 11.7. The van der Waals surface area contributed by atoms with Crippen LogP contribution in [0.4, 0.5) is 24.5 Å². The van der Waals surface area contributed by atoms with Crippen LogP contribution in [0.15, 0.2) is 77.7 Å². The molecule has 6 nitrogen and oxygen atoms in total. The molecule has 1 amide bonds. The van der Waals surface area contributed by atoms with Crippen LogP contribution in [0.25, 0.3) is 0 Å². The monoisotopic (exact) mass is 545 g/mol. The molecule has 10 heteroatoms. The van der Waals surface area contributed by atoms with E-state index in [0.717, 1.165) is 36.5 Å². The molecule has 1 N–H and O–H groups in total. The van der Waals surface area contributed by atoms with Gasteiger partial charge in [-0.2, -0.15) is 13.2 Å². The molecular formula is C28H30F3N3O3S. The van der Waals surface area contributed by atoms with Gasteiger partial charge in [-0.25, -0.2) is 8.42 Å². The minimum absolute atomic E-state index is 0.0205. The van der Waals surface area contributed by atoms with Gasteiger partial charge in [0.05, 0.1) is 28.7 Å². The Morgan fingerprint density at radius 3 is 2.16 bits per heavy atom. The number of alkyl halides is 3. The summed E-state index contributed by atoms with van der Waals surface area (Å²) in [5.41, 5.74) is 2.48. The van der Waals surface area contributed by atoms with E-state index in [4.69, 9.17) is 0 Å².